The van der Waals surface area contributed by atoms with Gasteiger partial charge in [-0.15, -0.1) is 0 Å². The Bertz CT molecular complexity index is 666. The van der Waals surface area contributed by atoms with E-state index in [1.807, 2.05) is 49.4 Å². The molecule has 0 fully saturated rings. The van der Waals surface area contributed by atoms with Crippen molar-refractivity contribution in [2.24, 2.45) is 0 Å². The van der Waals surface area contributed by atoms with Gasteiger partial charge in [0.05, 0.1) is 12.0 Å². The fraction of sp³-hybridized carbons (Fsp3) is 0.316. The lowest BCUT2D eigenvalue weighted by molar-refractivity contribution is -0.123. The third kappa shape index (κ3) is 2.98. The molecule has 0 aromatic heterocycles. The minimum absolute atomic E-state index is 0.0841. The smallest absolute Gasteiger partial charge is 0.227 e. The number of nitrogen functional groups attached to an aromatic ring is 1. The summed E-state index contributed by atoms with van der Waals surface area (Å²) in [6.07, 6.45) is 3.12. The molecule has 0 saturated heterocycles. The maximum Gasteiger partial charge on any atom is 0.227 e. The SMILES string of the molecule is CC(C(=O)NC1CCCc2cc(N)ccc21)c1ccccc1. The fourth-order valence-corrected chi connectivity index (χ4v) is 3.17. The Balaban J connectivity index is 1.76. The van der Waals surface area contributed by atoms with Gasteiger partial charge in [-0.05, 0) is 55.0 Å². The van der Waals surface area contributed by atoms with Crippen LogP contribution in [0.3, 0.4) is 0 Å². The molecular weight excluding hydrogens is 272 g/mol. The molecule has 0 bridgehead atoms. The number of benzene rings is 2. The number of hydrogen-bond donors (Lipinski definition) is 2. The Hall–Kier alpha value is -2.29. The summed E-state index contributed by atoms with van der Waals surface area (Å²) in [4.78, 5) is 12.6. The van der Waals surface area contributed by atoms with Crippen molar-refractivity contribution in [1.29, 1.82) is 0 Å². The third-order valence-electron chi connectivity index (χ3n) is 4.49. The van der Waals surface area contributed by atoms with Gasteiger partial charge in [0.1, 0.15) is 0 Å². The van der Waals surface area contributed by atoms with Gasteiger partial charge in [-0.3, -0.25) is 4.79 Å². The molecule has 1 aliphatic carbocycles. The summed E-state index contributed by atoms with van der Waals surface area (Å²) in [6.45, 7) is 1.96. The van der Waals surface area contributed by atoms with E-state index in [4.69, 9.17) is 5.73 Å². The van der Waals surface area contributed by atoms with Gasteiger partial charge in [0.25, 0.3) is 0 Å². The molecule has 0 aliphatic heterocycles. The van der Waals surface area contributed by atoms with Crippen molar-refractivity contribution in [3.63, 3.8) is 0 Å². The number of nitrogens with one attached hydrogen (secondary N) is 1. The zero-order valence-electron chi connectivity index (χ0n) is 12.9. The molecule has 0 saturated carbocycles. The zero-order chi connectivity index (χ0) is 15.5. The predicted octanol–water partition coefficient (Wildman–Crippen LogP) is 3.57. The Kier molecular flexibility index (Phi) is 4.14. The van der Waals surface area contributed by atoms with Crippen LogP contribution in [0.4, 0.5) is 5.69 Å². The van der Waals surface area contributed by atoms with E-state index in [2.05, 4.69) is 11.4 Å². The van der Waals surface area contributed by atoms with E-state index in [0.29, 0.717) is 0 Å². The van der Waals surface area contributed by atoms with Crippen LogP contribution in [0.15, 0.2) is 48.5 Å². The second-order valence-electron chi connectivity index (χ2n) is 6.04. The molecule has 1 amide bonds. The number of fused-ring (bicyclic) bond motifs is 1. The van der Waals surface area contributed by atoms with Crippen LogP contribution in [0.2, 0.25) is 0 Å². The molecule has 2 unspecified atom stereocenters. The van der Waals surface area contributed by atoms with E-state index < -0.39 is 0 Å². The number of carbonyl (C=O) groups excluding carboxylic acids is 1. The molecule has 3 rings (SSSR count). The number of aryl methyl sites for hydroxylation is 1. The molecule has 2 aromatic rings. The first kappa shape index (κ1) is 14.6. The molecule has 3 nitrogen and oxygen atoms in total. The number of amides is 1. The number of hydrogen-bond acceptors (Lipinski definition) is 2. The van der Waals surface area contributed by atoms with Crippen LogP contribution in [0.25, 0.3) is 0 Å². The molecule has 3 heteroatoms. The Morgan fingerprint density at radius 1 is 1.23 bits per heavy atom. The highest BCUT2D eigenvalue weighted by Gasteiger charge is 2.24. The van der Waals surface area contributed by atoms with Crippen molar-refractivity contribution >= 4 is 11.6 Å². The second kappa shape index (κ2) is 6.22. The monoisotopic (exact) mass is 294 g/mol. The summed E-state index contributed by atoms with van der Waals surface area (Å²) in [5, 5.41) is 3.21. The van der Waals surface area contributed by atoms with Gasteiger partial charge in [-0.1, -0.05) is 36.4 Å². The number of carbonyl (C=O) groups is 1. The molecule has 22 heavy (non-hydrogen) atoms. The first-order chi connectivity index (χ1) is 10.6. The maximum absolute atomic E-state index is 12.6. The summed E-state index contributed by atoms with van der Waals surface area (Å²) in [5.74, 6) is -0.0544. The topological polar surface area (TPSA) is 55.1 Å². The number of rotatable bonds is 3. The molecule has 114 valence electrons. The van der Waals surface area contributed by atoms with Crippen LogP contribution in [0, 0.1) is 0 Å². The van der Waals surface area contributed by atoms with Gasteiger partial charge in [0.2, 0.25) is 5.91 Å². The van der Waals surface area contributed by atoms with Crippen molar-refractivity contribution in [3.05, 3.63) is 65.2 Å². The summed E-state index contributed by atoms with van der Waals surface area (Å²) in [5.41, 5.74) is 10.2. The predicted molar refractivity (Wildman–Crippen MR) is 89.5 cm³/mol. The van der Waals surface area contributed by atoms with Crippen LogP contribution in [-0.4, -0.2) is 5.91 Å². The summed E-state index contributed by atoms with van der Waals surface area (Å²) < 4.78 is 0. The van der Waals surface area contributed by atoms with E-state index in [9.17, 15) is 4.79 Å². The standard InChI is InChI=1S/C19H22N2O/c1-13(14-6-3-2-4-7-14)19(22)21-18-9-5-8-15-12-16(20)10-11-17(15)18/h2-4,6-7,10-13,18H,5,8-9,20H2,1H3,(H,21,22). The van der Waals surface area contributed by atoms with Gasteiger partial charge >= 0.3 is 0 Å². The lowest BCUT2D eigenvalue weighted by Gasteiger charge is -2.28. The van der Waals surface area contributed by atoms with Crippen molar-refractivity contribution in [2.75, 3.05) is 5.73 Å². The van der Waals surface area contributed by atoms with Gasteiger partial charge in [0, 0.05) is 5.69 Å². The van der Waals surface area contributed by atoms with Crippen LogP contribution in [0.1, 0.15) is 48.4 Å². The normalized spacial score (nSPS) is 18.3. The highest BCUT2D eigenvalue weighted by atomic mass is 16.1. The van der Waals surface area contributed by atoms with Gasteiger partial charge in [-0.2, -0.15) is 0 Å². The number of anilines is 1. The van der Waals surface area contributed by atoms with Crippen molar-refractivity contribution < 1.29 is 4.79 Å². The molecular formula is C19H22N2O. The first-order valence-electron chi connectivity index (χ1n) is 7.89. The molecule has 0 spiro atoms. The minimum atomic E-state index is -0.139. The van der Waals surface area contributed by atoms with E-state index in [1.54, 1.807) is 0 Å². The zero-order valence-corrected chi connectivity index (χ0v) is 12.9. The summed E-state index contributed by atoms with van der Waals surface area (Å²) in [7, 11) is 0. The first-order valence-corrected chi connectivity index (χ1v) is 7.89. The molecule has 1 aliphatic rings. The lowest BCUT2D eigenvalue weighted by Crippen LogP contribution is -2.33. The van der Waals surface area contributed by atoms with Gasteiger partial charge in [-0.25, -0.2) is 0 Å². The van der Waals surface area contributed by atoms with E-state index in [0.717, 1.165) is 30.5 Å². The average Bonchev–Trinajstić information content (AvgIpc) is 2.55. The van der Waals surface area contributed by atoms with Crippen molar-refractivity contribution in [3.8, 4) is 0 Å². The Morgan fingerprint density at radius 3 is 2.77 bits per heavy atom. The van der Waals surface area contributed by atoms with Crippen LogP contribution in [0.5, 0.6) is 0 Å². The largest absolute Gasteiger partial charge is 0.399 e. The summed E-state index contributed by atoms with van der Waals surface area (Å²) in [6, 6.07) is 16.0. The van der Waals surface area contributed by atoms with Gasteiger partial charge < -0.3 is 11.1 Å². The highest BCUT2D eigenvalue weighted by molar-refractivity contribution is 5.83. The van der Waals surface area contributed by atoms with Gasteiger partial charge in [0.15, 0.2) is 0 Å². The fourth-order valence-electron chi connectivity index (χ4n) is 3.17. The van der Waals surface area contributed by atoms with Crippen LogP contribution >= 0.6 is 0 Å². The molecule has 0 heterocycles. The quantitative estimate of drug-likeness (QED) is 0.850. The molecule has 2 aromatic carbocycles. The van der Waals surface area contributed by atoms with Crippen molar-refractivity contribution in [2.45, 2.75) is 38.1 Å². The second-order valence-corrected chi connectivity index (χ2v) is 6.04. The van der Waals surface area contributed by atoms with E-state index >= 15 is 0 Å². The van der Waals surface area contributed by atoms with Crippen LogP contribution < -0.4 is 11.1 Å². The molecule has 0 radical (unpaired) electrons. The van der Waals surface area contributed by atoms with E-state index in [1.165, 1.54) is 11.1 Å². The highest BCUT2D eigenvalue weighted by Crippen LogP contribution is 2.31. The lowest BCUT2D eigenvalue weighted by atomic mass is 9.87. The summed E-state index contributed by atoms with van der Waals surface area (Å²) >= 11 is 0. The van der Waals surface area contributed by atoms with E-state index in [-0.39, 0.29) is 17.9 Å². The Labute approximate surface area is 131 Å². The number of nitrogens with two attached hydrogens (primary N) is 1. The maximum atomic E-state index is 12.6. The Morgan fingerprint density at radius 2 is 2.00 bits per heavy atom. The average molecular weight is 294 g/mol. The molecule has 3 N–H and O–H groups in total. The van der Waals surface area contributed by atoms with Crippen LogP contribution in [-0.2, 0) is 11.2 Å². The third-order valence-corrected chi connectivity index (χ3v) is 4.49. The molecule has 2 atom stereocenters. The van der Waals surface area contributed by atoms with Crippen molar-refractivity contribution in [1.82, 2.24) is 5.32 Å². The minimum Gasteiger partial charge on any atom is -0.399 e.